The number of ether oxygens (including phenoxy) is 3. The van der Waals surface area contributed by atoms with Gasteiger partial charge in [0.1, 0.15) is 13.2 Å². The predicted molar refractivity (Wildman–Crippen MR) is 293 cm³/mol. The van der Waals surface area contributed by atoms with E-state index in [9.17, 15) is 14.4 Å². The van der Waals surface area contributed by atoms with Crippen LogP contribution in [-0.2, 0) is 28.6 Å². The quantitative estimate of drug-likeness (QED) is 0.0262. The zero-order valence-electron chi connectivity index (χ0n) is 43.8. The van der Waals surface area contributed by atoms with Crippen molar-refractivity contribution in [1.82, 2.24) is 0 Å². The number of hydrogen-bond acceptors (Lipinski definition) is 6. The largest absolute Gasteiger partial charge is 0.462 e. The van der Waals surface area contributed by atoms with E-state index >= 15 is 0 Å². The Bertz CT molecular complexity index is 1450. The van der Waals surface area contributed by atoms with Crippen molar-refractivity contribution in [2.75, 3.05) is 13.2 Å². The fraction of sp³-hybridized carbons (Fsp3) is 0.629. The number of rotatable bonds is 48. The summed E-state index contributed by atoms with van der Waals surface area (Å²) in [6, 6.07) is 0. The van der Waals surface area contributed by atoms with Crippen molar-refractivity contribution in [2.24, 2.45) is 0 Å². The molecule has 0 fully saturated rings. The van der Waals surface area contributed by atoms with Gasteiger partial charge < -0.3 is 14.2 Å². The van der Waals surface area contributed by atoms with Gasteiger partial charge in [-0.05, 0) is 116 Å². The number of carbonyl (C=O) groups is 3. The zero-order valence-corrected chi connectivity index (χ0v) is 43.8. The molecule has 384 valence electrons. The molecule has 0 saturated carbocycles. The van der Waals surface area contributed by atoms with E-state index in [2.05, 4.69) is 142 Å². The summed E-state index contributed by atoms with van der Waals surface area (Å²) in [7, 11) is 0. The van der Waals surface area contributed by atoms with Crippen molar-refractivity contribution >= 4 is 17.9 Å². The third-order valence-electron chi connectivity index (χ3n) is 11.2. The normalized spacial score (nSPS) is 13.0. The van der Waals surface area contributed by atoms with Crippen LogP contribution in [0.3, 0.4) is 0 Å². The van der Waals surface area contributed by atoms with Gasteiger partial charge in [-0.25, -0.2) is 0 Å². The highest BCUT2D eigenvalue weighted by Crippen LogP contribution is 2.14. The van der Waals surface area contributed by atoms with Gasteiger partial charge in [-0.3, -0.25) is 14.4 Å². The van der Waals surface area contributed by atoms with Crippen LogP contribution >= 0.6 is 0 Å². The molecule has 0 amide bonds. The molecule has 0 aromatic carbocycles. The summed E-state index contributed by atoms with van der Waals surface area (Å²) in [4.78, 5) is 38.1. The minimum Gasteiger partial charge on any atom is -0.462 e. The molecule has 0 heterocycles. The number of unbranched alkanes of at least 4 members (excludes halogenated alkanes) is 17. The van der Waals surface area contributed by atoms with Crippen LogP contribution in [0.4, 0.5) is 0 Å². The van der Waals surface area contributed by atoms with Crippen LogP contribution in [0.5, 0.6) is 0 Å². The molecule has 0 aliphatic rings. The lowest BCUT2D eigenvalue weighted by molar-refractivity contribution is -0.167. The fourth-order valence-corrected chi connectivity index (χ4v) is 7.18. The molecule has 0 radical (unpaired) electrons. The molecule has 0 rings (SSSR count). The molecule has 6 heteroatoms. The van der Waals surface area contributed by atoms with Crippen molar-refractivity contribution in [3.8, 4) is 0 Å². The van der Waals surface area contributed by atoms with E-state index in [4.69, 9.17) is 14.2 Å². The summed E-state index contributed by atoms with van der Waals surface area (Å²) in [5.41, 5.74) is 0. The van der Waals surface area contributed by atoms with E-state index in [0.29, 0.717) is 19.3 Å². The van der Waals surface area contributed by atoms with Crippen LogP contribution in [0.2, 0.25) is 0 Å². The van der Waals surface area contributed by atoms with Crippen LogP contribution in [-0.4, -0.2) is 37.2 Å². The smallest absolute Gasteiger partial charge is 0.306 e. The second-order valence-electron chi connectivity index (χ2n) is 17.7. The van der Waals surface area contributed by atoms with E-state index in [-0.39, 0.29) is 37.5 Å². The van der Waals surface area contributed by atoms with Gasteiger partial charge in [0, 0.05) is 19.3 Å². The Labute approximate surface area is 418 Å². The van der Waals surface area contributed by atoms with E-state index in [0.717, 1.165) is 122 Å². The van der Waals surface area contributed by atoms with E-state index in [1.807, 2.05) is 0 Å². The molecule has 0 aliphatic carbocycles. The standard InChI is InChI=1S/C62H100O6/c1-4-7-10-13-16-19-22-25-28-30-31-33-34-37-40-43-46-49-52-55-61(64)67-58-59(57-66-60(63)54-51-48-45-42-39-36-27-24-21-18-15-12-9-6-3)68-62(65)56-53-50-47-44-41-38-35-32-29-26-23-20-17-14-11-8-5-2/h7-12,16-21,25-26,28-29,35,38,44,47,59H,4-6,13-15,22-24,27,30-34,36-37,39-43,45-46,48-58H2,1-3H3/b10-7-,11-8-,12-9-,19-16-,20-17-,21-18-,28-25-,29-26-,38-35-,47-44-. The topological polar surface area (TPSA) is 78.9 Å². The molecule has 0 aromatic heterocycles. The minimum absolute atomic E-state index is 0.109. The molecule has 0 bridgehead atoms. The summed E-state index contributed by atoms with van der Waals surface area (Å²) in [6.45, 7) is 6.25. The number of allylic oxidation sites excluding steroid dienone is 20. The van der Waals surface area contributed by atoms with Crippen molar-refractivity contribution in [2.45, 2.75) is 239 Å². The van der Waals surface area contributed by atoms with Gasteiger partial charge in [-0.1, -0.05) is 219 Å². The second-order valence-corrected chi connectivity index (χ2v) is 17.7. The Balaban J connectivity index is 4.49. The van der Waals surface area contributed by atoms with E-state index < -0.39 is 6.10 Å². The third-order valence-corrected chi connectivity index (χ3v) is 11.2. The van der Waals surface area contributed by atoms with Crippen molar-refractivity contribution in [3.63, 3.8) is 0 Å². The Kier molecular flexibility index (Phi) is 52.0. The van der Waals surface area contributed by atoms with Gasteiger partial charge in [-0.15, -0.1) is 0 Å². The van der Waals surface area contributed by atoms with Gasteiger partial charge in [-0.2, -0.15) is 0 Å². The van der Waals surface area contributed by atoms with Crippen molar-refractivity contribution in [1.29, 1.82) is 0 Å². The van der Waals surface area contributed by atoms with Gasteiger partial charge >= 0.3 is 17.9 Å². The fourth-order valence-electron chi connectivity index (χ4n) is 7.18. The lowest BCUT2D eigenvalue weighted by Gasteiger charge is -2.18. The summed E-state index contributed by atoms with van der Waals surface area (Å²) in [6.07, 6.45) is 76.2. The molecule has 0 N–H and O–H groups in total. The molecule has 0 aromatic rings. The summed E-state index contributed by atoms with van der Waals surface area (Å²) in [5.74, 6) is -0.985. The van der Waals surface area contributed by atoms with Crippen LogP contribution in [0.25, 0.3) is 0 Å². The third kappa shape index (κ3) is 52.8. The molecule has 1 atom stereocenters. The lowest BCUT2D eigenvalue weighted by Crippen LogP contribution is -2.30. The van der Waals surface area contributed by atoms with Gasteiger partial charge in [0.15, 0.2) is 6.10 Å². The Morgan fingerprint density at radius 3 is 0.868 bits per heavy atom. The van der Waals surface area contributed by atoms with Crippen LogP contribution in [0, 0.1) is 0 Å². The highest BCUT2D eigenvalue weighted by atomic mass is 16.6. The molecular formula is C62H100O6. The summed E-state index contributed by atoms with van der Waals surface area (Å²) < 4.78 is 16.8. The highest BCUT2D eigenvalue weighted by molar-refractivity contribution is 5.71. The summed E-state index contributed by atoms with van der Waals surface area (Å²) in [5, 5.41) is 0. The van der Waals surface area contributed by atoms with E-state index in [1.54, 1.807) is 0 Å². The monoisotopic (exact) mass is 941 g/mol. The van der Waals surface area contributed by atoms with Crippen LogP contribution in [0.1, 0.15) is 233 Å². The molecular weight excluding hydrogens is 841 g/mol. The molecule has 0 spiro atoms. The first kappa shape index (κ1) is 63.8. The predicted octanol–water partition coefficient (Wildman–Crippen LogP) is 18.5. The van der Waals surface area contributed by atoms with Gasteiger partial charge in [0.05, 0.1) is 0 Å². The first-order chi connectivity index (χ1) is 33.5. The van der Waals surface area contributed by atoms with Crippen LogP contribution < -0.4 is 0 Å². The Morgan fingerprint density at radius 2 is 0.544 bits per heavy atom. The highest BCUT2D eigenvalue weighted by Gasteiger charge is 2.19. The number of carbonyl (C=O) groups excluding carboxylic acids is 3. The SMILES string of the molecule is CC/C=C\C/C=C\C/C=C\C/C=C\C/C=C\CCCC(=O)OC(COC(=O)CCCCCCCCC/C=C\C/C=C\CC)COC(=O)CCCCCCCCCCC/C=C\C/C=C\C/C=C\CC. The molecule has 6 nitrogen and oxygen atoms in total. The first-order valence-electron chi connectivity index (χ1n) is 27.5. The van der Waals surface area contributed by atoms with E-state index in [1.165, 1.54) is 64.2 Å². The van der Waals surface area contributed by atoms with Crippen molar-refractivity contribution < 1.29 is 28.6 Å². The Hall–Kier alpha value is -4.19. The van der Waals surface area contributed by atoms with Gasteiger partial charge in [0.25, 0.3) is 0 Å². The lowest BCUT2D eigenvalue weighted by atomic mass is 10.1. The number of hydrogen-bond donors (Lipinski definition) is 0. The molecule has 0 saturated heterocycles. The molecule has 0 aliphatic heterocycles. The first-order valence-corrected chi connectivity index (χ1v) is 27.5. The van der Waals surface area contributed by atoms with Crippen molar-refractivity contribution in [3.05, 3.63) is 122 Å². The maximum Gasteiger partial charge on any atom is 0.306 e. The maximum atomic E-state index is 12.8. The number of esters is 3. The molecule has 68 heavy (non-hydrogen) atoms. The zero-order chi connectivity index (χ0) is 49.3. The molecule has 1 unspecified atom stereocenters. The average molecular weight is 941 g/mol. The van der Waals surface area contributed by atoms with Crippen LogP contribution in [0.15, 0.2) is 122 Å². The Morgan fingerprint density at radius 1 is 0.294 bits per heavy atom. The van der Waals surface area contributed by atoms with Gasteiger partial charge in [0.2, 0.25) is 0 Å². The minimum atomic E-state index is -0.817. The maximum absolute atomic E-state index is 12.8. The average Bonchev–Trinajstić information content (AvgIpc) is 3.34. The summed E-state index contributed by atoms with van der Waals surface area (Å²) >= 11 is 0. The second kappa shape index (κ2) is 55.4.